The molecule has 13 heavy (non-hydrogen) atoms. The fraction of sp³-hybridized carbons (Fsp3) is 1.00. The lowest BCUT2D eigenvalue weighted by molar-refractivity contribution is 0.112. The molecule has 2 heteroatoms. The van der Waals surface area contributed by atoms with Crippen molar-refractivity contribution in [3.8, 4) is 0 Å². The Morgan fingerprint density at radius 1 is 1.15 bits per heavy atom. The molecule has 0 aromatic carbocycles. The molecule has 2 aliphatic heterocycles. The van der Waals surface area contributed by atoms with Crippen LogP contribution in [0.4, 0.5) is 0 Å². The van der Waals surface area contributed by atoms with Gasteiger partial charge in [-0.1, -0.05) is 0 Å². The molecule has 0 aromatic heterocycles. The zero-order valence-corrected chi connectivity index (χ0v) is 8.24. The van der Waals surface area contributed by atoms with Crippen LogP contribution in [0.25, 0.3) is 0 Å². The maximum absolute atomic E-state index is 5.58. The third kappa shape index (κ3) is 1.62. The minimum absolute atomic E-state index is 0.786. The average Bonchev–Trinajstić information content (AvgIpc) is 2.83. The van der Waals surface area contributed by atoms with E-state index in [9.17, 15) is 0 Å². The van der Waals surface area contributed by atoms with Gasteiger partial charge in [0.15, 0.2) is 0 Å². The van der Waals surface area contributed by atoms with E-state index in [4.69, 9.17) is 4.74 Å². The number of piperidine rings is 1. The molecule has 0 radical (unpaired) electrons. The second kappa shape index (κ2) is 3.25. The van der Waals surface area contributed by atoms with Crippen LogP contribution >= 0.6 is 0 Å². The minimum Gasteiger partial charge on any atom is -0.379 e. The lowest BCUT2D eigenvalue weighted by atomic mass is 9.92. The Kier molecular flexibility index (Phi) is 2.06. The average molecular weight is 181 g/mol. The molecular formula is C11H19NO. The van der Waals surface area contributed by atoms with Gasteiger partial charge < -0.3 is 4.74 Å². The highest BCUT2D eigenvalue weighted by molar-refractivity contribution is 4.90. The van der Waals surface area contributed by atoms with Crippen molar-refractivity contribution in [2.75, 3.05) is 26.3 Å². The van der Waals surface area contributed by atoms with E-state index in [1.165, 1.54) is 38.8 Å². The number of fused-ring (bicyclic) bond motifs is 1. The highest BCUT2D eigenvalue weighted by atomic mass is 16.5. The molecule has 0 bridgehead atoms. The van der Waals surface area contributed by atoms with E-state index in [2.05, 4.69) is 4.90 Å². The highest BCUT2D eigenvalue weighted by Gasteiger charge is 2.37. The van der Waals surface area contributed by atoms with Crippen molar-refractivity contribution in [2.45, 2.75) is 31.7 Å². The van der Waals surface area contributed by atoms with Gasteiger partial charge in [0, 0.05) is 18.5 Å². The van der Waals surface area contributed by atoms with Gasteiger partial charge in [-0.05, 0) is 38.1 Å². The highest BCUT2D eigenvalue weighted by Crippen LogP contribution is 2.35. The van der Waals surface area contributed by atoms with E-state index in [1.807, 2.05) is 0 Å². The van der Waals surface area contributed by atoms with Crippen molar-refractivity contribution in [2.24, 2.45) is 11.8 Å². The molecule has 2 heterocycles. The summed E-state index contributed by atoms with van der Waals surface area (Å²) in [7, 11) is 0. The molecule has 2 atom stereocenters. The molecule has 0 N–H and O–H groups in total. The molecule has 2 saturated heterocycles. The fourth-order valence-corrected chi connectivity index (χ4v) is 2.85. The summed E-state index contributed by atoms with van der Waals surface area (Å²) in [5.74, 6) is 1.91. The van der Waals surface area contributed by atoms with Gasteiger partial charge in [-0.2, -0.15) is 0 Å². The van der Waals surface area contributed by atoms with E-state index in [-0.39, 0.29) is 0 Å². The summed E-state index contributed by atoms with van der Waals surface area (Å²) in [4.78, 5) is 2.71. The van der Waals surface area contributed by atoms with E-state index in [0.717, 1.165) is 31.1 Å². The van der Waals surface area contributed by atoms with Gasteiger partial charge >= 0.3 is 0 Å². The summed E-state index contributed by atoms with van der Waals surface area (Å²) < 4.78 is 5.58. The first-order valence-electron chi connectivity index (χ1n) is 5.75. The van der Waals surface area contributed by atoms with Crippen molar-refractivity contribution in [1.29, 1.82) is 0 Å². The van der Waals surface area contributed by atoms with Crippen LogP contribution in [0.1, 0.15) is 25.7 Å². The lowest BCUT2D eigenvalue weighted by Crippen LogP contribution is -2.45. The number of nitrogens with zero attached hydrogens (tertiary/aromatic N) is 1. The zero-order chi connectivity index (χ0) is 8.67. The molecule has 0 amide bonds. The molecule has 3 rings (SSSR count). The van der Waals surface area contributed by atoms with Gasteiger partial charge in [0.25, 0.3) is 0 Å². The minimum atomic E-state index is 0.786. The first kappa shape index (κ1) is 8.25. The maximum atomic E-state index is 5.58. The Balaban J connectivity index is 1.63. The van der Waals surface area contributed by atoms with Crippen molar-refractivity contribution in [1.82, 2.24) is 4.90 Å². The van der Waals surface area contributed by atoms with Crippen LogP contribution in [-0.2, 0) is 4.74 Å². The molecule has 1 saturated carbocycles. The summed E-state index contributed by atoms with van der Waals surface area (Å²) in [5.41, 5.74) is 0. The topological polar surface area (TPSA) is 12.5 Å². The van der Waals surface area contributed by atoms with Crippen molar-refractivity contribution < 1.29 is 4.74 Å². The second-order valence-corrected chi connectivity index (χ2v) is 4.95. The number of hydrogen-bond donors (Lipinski definition) is 0. The summed E-state index contributed by atoms with van der Waals surface area (Å²) in [6.07, 6.45) is 5.77. The third-order valence-electron chi connectivity index (χ3n) is 3.84. The van der Waals surface area contributed by atoms with Gasteiger partial charge in [-0.25, -0.2) is 0 Å². The Bertz CT molecular complexity index is 191. The predicted molar refractivity (Wildman–Crippen MR) is 51.6 cm³/mol. The molecular weight excluding hydrogens is 162 g/mol. The van der Waals surface area contributed by atoms with E-state index < -0.39 is 0 Å². The number of hydrogen-bond acceptors (Lipinski definition) is 2. The number of likely N-dealkylation sites (tertiary alicyclic amines) is 1. The van der Waals surface area contributed by atoms with Crippen molar-refractivity contribution in [3.05, 3.63) is 0 Å². The van der Waals surface area contributed by atoms with Crippen LogP contribution in [0.15, 0.2) is 0 Å². The first-order chi connectivity index (χ1) is 6.43. The van der Waals surface area contributed by atoms with Gasteiger partial charge in [0.1, 0.15) is 0 Å². The molecule has 0 aromatic rings. The van der Waals surface area contributed by atoms with Crippen molar-refractivity contribution in [3.63, 3.8) is 0 Å². The lowest BCUT2D eigenvalue weighted by Gasteiger charge is -2.36. The quantitative estimate of drug-likeness (QED) is 0.640. The second-order valence-electron chi connectivity index (χ2n) is 4.95. The maximum Gasteiger partial charge on any atom is 0.0625 e. The molecule has 3 fully saturated rings. The van der Waals surface area contributed by atoms with Crippen LogP contribution < -0.4 is 0 Å². The number of ether oxygens (including phenoxy) is 1. The molecule has 74 valence electrons. The van der Waals surface area contributed by atoms with E-state index in [0.29, 0.717) is 0 Å². The van der Waals surface area contributed by atoms with Crippen LogP contribution in [-0.4, -0.2) is 37.2 Å². The molecule has 0 spiro atoms. The Labute approximate surface area is 80.2 Å². The normalized spacial score (nSPS) is 40.6. The fourth-order valence-electron chi connectivity index (χ4n) is 2.85. The summed E-state index contributed by atoms with van der Waals surface area (Å²) in [6, 6.07) is 0.786. The standard InChI is InChI=1S/C11H19NO/c1-2-10-7-13-8-11(10)12(5-1)6-9-3-4-9/h9-11H,1-8H2/t10-,11+/m0/s1. The van der Waals surface area contributed by atoms with E-state index >= 15 is 0 Å². The largest absolute Gasteiger partial charge is 0.379 e. The molecule has 1 aliphatic carbocycles. The smallest absolute Gasteiger partial charge is 0.0625 e. The van der Waals surface area contributed by atoms with Gasteiger partial charge in [-0.15, -0.1) is 0 Å². The summed E-state index contributed by atoms with van der Waals surface area (Å²) >= 11 is 0. The SMILES string of the molecule is C1C[C@H]2COC[C@H]2N(CC2CC2)C1. The van der Waals surface area contributed by atoms with Gasteiger partial charge in [0.2, 0.25) is 0 Å². The summed E-state index contributed by atoms with van der Waals surface area (Å²) in [5, 5.41) is 0. The van der Waals surface area contributed by atoms with Crippen LogP contribution in [0.5, 0.6) is 0 Å². The predicted octanol–water partition coefficient (Wildman–Crippen LogP) is 1.51. The zero-order valence-electron chi connectivity index (χ0n) is 8.24. The third-order valence-corrected chi connectivity index (χ3v) is 3.84. The number of rotatable bonds is 2. The molecule has 0 unspecified atom stereocenters. The van der Waals surface area contributed by atoms with Crippen molar-refractivity contribution >= 4 is 0 Å². The first-order valence-corrected chi connectivity index (χ1v) is 5.75. The van der Waals surface area contributed by atoms with Gasteiger partial charge in [0.05, 0.1) is 13.2 Å². The monoisotopic (exact) mass is 181 g/mol. The Morgan fingerprint density at radius 2 is 2.08 bits per heavy atom. The van der Waals surface area contributed by atoms with Crippen LogP contribution in [0, 0.1) is 11.8 Å². The van der Waals surface area contributed by atoms with Crippen LogP contribution in [0.3, 0.4) is 0 Å². The molecule has 3 aliphatic rings. The Hall–Kier alpha value is -0.0800. The Morgan fingerprint density at radius 3 is 2.92 bits per heavy atom. The molecule has 2 nitrogen and oxygen atoms in total. The summed E-state index contributed by atoms with van der Waals surface area (Å²) in [6.45, 7) is 4.74. The van der Waals surface area contributed by atoms with E-state index in [1.54, 1.807) is 0 Å². The van der Waals surface area contributed by atoms with Gasteiger partial charge in [-0.3, -0.25) is 4.90 Å². The van der Waals surface area contributed by atoms with Crippen LogP contribution in [0.2, 0.25) is 0 Å².